The molecule has 1 saturated heterocycles. The SMILES string of the molecule is C=C(C)N(c1ccccc1C)C(CCN)C[C@H]1CC1=NCCC1(C2C=CC=CC2)CCN(C(=O)c2cc(C)nn2C(C)(C)C)CC1. The molecule has 3 aliphatic rings. The van der Waals surface area contributed by atoms with Crippen LogP contribution >= 0.6 is 0 Å². The van der Waals surface area contributed by atoms with E-state index in [4.69, 9.17) is 10.7 Å². The molecule has 1 aliphatic heterocycles. The number of amides is 1. The maximum absolute atomic E-state index is 13.8. The highest BCUT2D eigenvalue weighted by atomic mass is 16.2. The van der Waals surface area contributed by atoms with Crippen LogP contribution < -0.4 is 10.6 Å². The third-order valence-electron chi connectivity index (χ3n) is 10.4. The zero-order valence-corrected chi connectivity index (χ0v) is 29.1. The molecule has 46 heavy (non-hydrogen) atoms. The molecular formula is C39H56N6O. The van der Waals surface area contributed by atoms with Crippen molar-refractivity contribution in [1.29, 1.82) is 0 Å². The van der Waals surface area contributed by atoms with Crippen molar-refractivity contribution in [3.05, 3.63) is 83.9 Å². The van der Waals surface area contributed by atoms with Crippen LogP contribution in [0, 0.1) is 31.1 Å². The second kappa shape index (κ2) is 14.1. The standard InChI is InChI=1S/C39H56N6O/c1-28(2)44(35-16-12-11-13-29(35)3)33(17-21-40)26-31-27-34(31)41-22-18-39(32-14-9-8-10-15-32)19-23-43(24-20-39)37(46)36-25-30(4)42-45(36)38(5,6)7/h8-14,16,25,31-33H,1,15,17-24,26-27,40H2,2-7H3/t31-,32?,33?/m0/s1. The Kier molecular flexibility index (Phi) is 10.4. The van der Waals surface area contributed by atoms with Crippen molar-refractivity contribution in [3.63, 3.8) is 0 Å². The minimum absolute atomic E-state index is 0.103. The van der Waals surface area contributed by atoms with E-state index in [0.29, 0.717) is 30.1 Å². The van der Waals surface area contributed by atoms with Gasteiger partial charge in [0.1, 0.15) is 5.69 Å². The topological polar surface area (TPSA) is 79.8 Å². The third-order valence-corrected chi connectivity index (χ3v) is 10.4. The molecule has 2 fully saturated rings. The Morgan fingerprint density at radius 2 is 1.93 bits per heavy atom. The minimum Gasteiger partial charge on any atom is -0.343 e. The summed E-state index contributed by atoms with van der Waals surface area (Å²) in [6, 6.07) is 10.8. The van der Waals surface area contributed by atoms with Gasteiger partial charge in [0.05, 0.1) is 11.2 Å². The molecule has 3 atom stereocenters. The average molecular weight is 625 g/mol. The van der Waals surface area contributed by atoms with E-state index in [1.807, 2.05) is 17.7 Å². The van der Waals surface area contributed by atoms with Crippen LogP contribution in [0.3, 0.4) is 0 Å². The van der Waals surface area contributed by atoms with Crippen LogP contribution in [-0.4, -0.2) is 58.5 Å². The highest BCUT2D eigenvalue weighted by Crippen LogP contribution is 2.46. The summed E-state index contributed by atoms with van der Waals surface area (Å²) in [6.45, 7) is 19.9. The lowest BCUT2D eigenvalue weighted by atomic mass is 9.64. The number of carbonyl (C=O) groups excluding carboxylic acids is 1. The first-order chi connectivity index (χ1) is 21.9. The number of aromatic nitrogens is 2. The van der Waals surface area contributed by atoms with Gasteiger partial charge in [0.15, 0.2) is 0 Å². The van der Waals surface area contributed by atoms with Crippen molar-refractivity contribution in [2.75, 3.05) is 31.1 Å². The summed E-state index contributed by atoms with van der Waals surface area (Å²) in [5.41, 5.74) is 12.5. The van der Waals surface area contributed by atoms with Crippen LogP contribution in [0.4, 0.5) is 5.69 Å². The maximum atomic E-state index is 13.8. The Labute approximate surface area is 277 Å². The monoisotopic (exact) mass is 624 g/mol. The van der Waals surface area contributed by atoms with Gasteiger partial charge in [-0.05, 0) is 122 Å². The van der Waals surface area contributed by atoms with E-state index in [1.54, 1.807) is 0 Å². The first-order valence-corrected chi connectivity index (χ1v) is 17.4. The van der Waals surface area contributed by atoms with E-state index in [0.717, 1.165) is 76.0 Å². The molecule has 0 bridgehead atoms. The fourth-order valence-electron chi connectivity index (χ4n) is 7.77. The fraction of sp³-hybridized carbons (Fsp3) is 0.564. The van der Waals surface area contributed by atoms with Gasteiger partial charge in [-0.2, -0.15) is 5.10 Å². The smallest absolute Gasteiger partial charge is 0.272 e. The molecule has 0 spiro atoms. The second-order valence-electron chi connectivity index (χ2n) is 14.9. The Balaban J connectivity index is 1.24. The zero-order valence-electron chi connectivity index (χ0n) is 29.1. The number of aliphatic imine (C=N–C) groups is 1. The normalized spacial score (nSPS) is 22.2. The van der Waals surface area contributed by atoms with E-state index in [9.17, 15) is 4.79 Å². The Hall–Kier alpha value is -3.45. The summed E-state index contributed by atoms with van der Waals surface area (Å²) >= 11 is 0. The Morgan fingerprint density at radius 3 is 2.57 bits per heavy atom. The molecule has 2 N–H and O–H groups in total. The van der Waals surface area contributed by atoms with Crippen LogP contribution in [0.1, 0.15) is 94.4 Å². The number of rotatable bonds is 12. The lowest BCUT2D eigenvalue weighted by Crippen LogP contribution is -2.47. The lowest BCUT2D eigenvalue weighted by Gasteiger charge is -2.46. The molecule has 0 radical (unpaired) electrons. The van der Waals surface area contributed by atoms with Crippen molar-refractivity contribution in [3.8, 4) is 0 Å². The number of anilines is 1. The summed E-state index contributed by atoms with van der Waals surface area (Å²) in [4.78, 5) is 23.4. The Morgan fingerprint density at radius 1 is 1.20 bits per heavy atom. The molecular weight excluding hydrogens is 568 g/mol. The molecule has 7 heteroatoms. The zero-order chi connectivity index (χ0) is 33.1. The predicted molar refractivity (Wildman–Crippen MR) is 191 cm³/mol. The first kappa shape index (κ1) is 33.9. The lowest BCUT2D eigenvalue weighted by molar-refractivity contribution is 0.0421. The van der Waals surface area contributed by atoms with Crippen LogP contribution in [0.2, 0.25) is 0 Å². The molecule has 5 rings (SSSR count). The summed E-state index contributed by atoms with van der Waals surface area (Å²) in [7, 11) is 0. The summed E-state index contributed by atoms with van der Waals surface area (Å²) < 4.78 is 1.90. The minimum atomic E-state index is -0.245. The van der Waals surface area contributed by atoms with E-state index in [1.165, 1.54) is 17.0 Å². The summed E-state index contributed by atoms with van der Waals surface area (Å²) in [6.07, 6.45) is 16.3. The molecule has 248 valence electrons. The number of benzene rings is 1. The van der Waals surface area contributed by atoms with Crippen molar-refractivity contribution in [2.24, 2.45) is 28.0 Å². The summed E-state index contributed by atoms with van der Waals surface area (Å²) in [5.74, 6) is 1.11. The molecule has 1 aromatic carbocycles. The van der Waals surface area contributed by atoms with Gasteiger partial charge in [-0.1, -0.05) is 49.1 Å². The number of carbonyl (C=O) groups is 1. The number of likely N-dealkylation sites (tertiary alicyclic amines) is 1. The largest absolute Gasteiger partial charge is 0.343 e. The van der Waals surface area contributed by atoms with E-state index >= 15 is 0 Å². The van der Waals surface area contributed by atoms with E-state index in [-0.39, 0.29) is 16.9 Å². The van der Waals surface area contributed by atoms with Crippen LogP contribution in [0.25, 0.3) is 0 Å². The molecule has 1 aromatic heterocycles. The third kappa shape index (κ3) is 7.57. The molecule has 1 amide bonds. The van der Waals surface area contributed by atoms with E-state index < -0.39 is 0 Å². The molecule has 2 aromatic rings. The quantitative estimate of drug-likeness (QED) is 0.264. The van der Waals surface area contributed by atoms with Crippen molar-refractivity contribution in [1.82, 2.24) is 14.7 Å². The van der Waals surface area contributed by atoms with Gasteiger partial charge in [0, 0.05) is 48.7 Å². The van der Waals surface area contributed by atoms with Crippen LogP contribution in [0.15, 0.2) is 71.9 Å². The highest BCUT2D eigenvalue weighted by molar-refractivity contribution is 6.01. The molecule has 2 aliphatic carbocycles. The number of allylic oxidation sites excluding steroid dienone is 5. The van der Waals surface area contributed by atoms with E-state index in [2.05, 4.69) is 105 Å². The van der Waals surface area contributed by atoms with Gasteiger partial charge < -0.3 is 15.5 Å². The molecule has 2 unspecified atom stereocenters. The number of nitrogens with zero attached hydrogens (tertiary/aromatic N) is 5. The van der Waals surface area contributed by atoms with Crippen molar-refractivity contribution in [2.45, 2.75) is 98.1 Å². The first-order valence-electron chi connectivity index (χ1n) is 17.4. The number of hydrogen-bond donors (Lipinski definition) is 1. The van der Waals surface area contributed by atoms with Gasteiger partial charge in [-0.3, -0.25) is 14.5 Å². The van der Waals surface area contributed by atoms with Gasteiger partial charge in [-0.25, -0.2) is 0 Å². The van der Waals surface area contributed by atoms with Gasteiger partial charge >= 0.3 is 0 Å². The van der Waals surface area contributed by atoms with Gasteiger partial charge in [-0.15, -0.1) is 0 Å². The molecule has 1 saturated carbocycles. The van der Waals surface area contributed by atoms with Crippen molar-refractivity contribution < 1.29 is 4.79 Å². The number of nitrogens with two attached hydrogens (primary N) is 1. The van der Waals surface area contributed by atoms with Crippen LogP contribution in [0.5, 0.6) is 0 Å². The Bertz CT molecular complexity index is 1480. The number of hydrogen-bond acceptors (Lipinski definition) is 5. The van der Waals surface area contributed by atoms with Gasteiger partial charge in [0.25, 0.3) is 5.91 Å². The molecule has 7 nitrogen and oxygen atoms in total. The fourth-order valence-corrected chi connectivity index (χ4v) is 7.77. The number of aryl methyl sites for hydroxylation is 2. The number of piperidine rings is 1. The highest BCUT2D eigenvalue weighted by Gasteiger charge is 2.42. The van der Waals surface area contributed by atoms with Gasteiger partial charge in [0.2, 0.25) is 0 Å². The average Bonchev–Trinajstić information content (AvgIpc) is 3.63. The number of para-hydroxylation sites is 1. The van der Waals surface area contributed by atoms with Crippen molar-refractivity contribution >= 4 is 17.3 Å². The van der Waals surface area contributed by atoms with Crippen LogP contribution in [-0.2, 0) is 5.54 Å². The summed E-state index contributed by atoms with van der Waals surface area (Å²) in [5, 5.41) is 4.66. The molecule has 2 heterocycles. The predicted octanol–water partition coefficient (Wildman–Crippen LogP) is 7.61. The second-order valence-corrected chi connectivity index (χ2v) is 14.9. The maximum Gasteiger partial charge on any atom is 0.272 e.